The molecule has 2 amide bonds. The van der Waals surface area contributed by atoms with E-state index in [4.69, 9.17) is 5.73 Å². The van der Waals surface area contributed by atoms with Gasteiger partial charge in [0.25, 0.3) is 5.91 Å². The minimum atomic E-state index is -0.231. The fraction of sp³-hybridized carbons (Fsp3) is 0.467. The van der Waals surface area contributed by atoms with E-state index in [0.29, 0.717) is 11.3 Å². The second-order valence-electron chi connectivity index (χ2n) is 5.17. The number of hydrogen-bond donors (Lipinski definition) is 3. The largest absolute Gasteiger partial charge is 0.397 e. The number of hydrogen-bond acceptors (Lipinski definition) is 4. The molecule has 0 aliphatic carbocycles. The smallest absolute Gasteiger partial charge is 0.251 e. The number of anilines is 2. The maximum Gasteiger partial charge on any atom is 0.251 e. The van der Waals surface area contributed by atoms with Crippen LogP contribution in [-0.4, -0.2) is 38.5 Å². The van der Waals surface area contributed by atoms with E-state index >= 15 is 0 Å². The third kappa shape index (κ3) is 3.09. The average molecular weight is 290 g/mol. The first-order valence-electron chi connectivity index (χ1n) is 7.18. The molecule has 1 aliphatic heterocycles. The summed E-state index contributed by atoms with van der Waals surface area (Å²) in [6, 6.07) is 4.94. The van der Waals surface area contributed by atoms with Crippen LogP contribution in [0, 0.1) is 0 Å². The van der Waals surface area contributed by atoms with Gasteiger partial charge in [-0.3, -0.25) is 9.59 Å². The molecule has 1 atom stereocenters. The van der Waals surface area contributed by atoms with Crippen LogP contribution in [0.1, 0.15) is 29.6 Å². The van der Waals surface area contributed by atoms with Crippen LogP contribution < -0.4 is 21.3 Å². The number of nitrogens with one attached hydrogen (secondary N) is 2. The number of likely N-dealkylation sites (N-methyl/N-ethyl adjacent to an activating group) is 1. The molecule has 0 saturated carbocycles. The quantitative estimate of drug-likeness (QED) is 0.716. The van der Waals surface area contributed by atoms with E-state index < -0.39 is 0 Å². The van der Waals surface area contributed by atoms with Crippen LogP contribution in [0.15, 0.2) is 18.2 Å². The monoisotopic (exact) mass is 290 g/mol. The van der Waals surface area contributed by atoms with Crippen LogP contribution in [0.5, 0.6) is 0 Å². The molecule has 6 heteroatoms. The molecule has 21 heavy (non-hydrogen) atoms. The first-order chi connectivity index (χ1) is 10.1. The number of piperidine rings is 1. The Balaban J connectivity index is 2.37. The third-order valence-corrected chi connectivity index (χ3v) is 3.88. The van der Waals surface area contributed by atoms with E-state index in [9.17, 15) is 9.59 Å². The molecule has 1 fully saturated rings. The van der Waals surface area contributed by atoms with Gasteiger partial charge in [-0.05, 0) is 37.5 Å². The topological polar surface area (TPSA) is 87.5 Å². The van der Waals surface area contributed by atoms with Gasteiger partial charge in [-0.15, -0.1) is 0 Å². The number of rotatable bonds is 3. The van der Waals surface area contributed by atoms with Gasteiger partial charge in [0.2, 0.25) is 5.91 Å². The molecule has 4 N–H and O–H groups in total. The molecule has 1 aromatic rings. The van der Waals surface area contributed by atoms with Gasteiger partial charge >= 0.3 is 0 Å². The lowest BCUT2D eigenvalue weighted by atomic mass is 9.99. The predicted molar refractivity (Wildman–Crippen MR) is 83.3 cm³/mol. The highest BCUT2D eigenvalue weighted by Gasteiger charge is 2.29. The summed E-state index contributed by atoms with van der Waals surface area (Å²) < 4.78 is 0. The molecule has 1 heterocycles. The van der Waals surface area contributed by atoms with Gasteiger partial charge in [-0.25, -0.2) is 0 Å². The van der Waals surface area contributed by atoms with E-state index in [1.165, 1.54) is 0 Å². The number of nitrogens with two attached hydrogens (primary N) is 1. The van der Waals surface area contributed by atoms with Crippen molar-refractivity contribution in [2.24, 2.45) is 0 Å². The Labute approximate surface area is 124 Å². The Morgan fingerprint density at radius 3 is 2.67 bits per heavy atom. The fourth-order valence-corrected chi connectivity index (χ4v) is 2.74. The van der Waals surface area contributed by atoms with Crippen molar-refractivity contribution >= 4 is 23.2 Å². The standard InChI is InChI=1S/C15H22N4O2/c1-17-14(20)10-6-7-11(16)13(9-10)19-8-4-3-5-12(19)15(21)18-2/h6-7,9,12H,3-5,8,16H2,1-2H3,(H,17,20)(H,18,21). The molecule has 0 radical (unpaired) electrons. The van der Waals surface area contributed by atoms with E-state index in [0.717, 1.165) is 31.5 Å². The van der Waals surface area contributed by atoms with Gasteiger partial charge in [0.15, 0.2) is 0 Å². The summed E-state index contributed by atoms with van der Waals surface area (Å²) >= 11 is 0. The van der Waals surface area contributed by atoms with Gasteiger partial charge in [-0.2, -0.15) is 0 Å². The summed E-state index contributed by atoms with van der Waals surface area (Å²) in [6.07, 6.45) is 2.82. The molecule has 1 unspecified atom stereocenters. The first-order valence-corrected chi connectivity index (χ1v) is 7.18. The summed E-state index contributed by atoms with van der Waals surface area (Å²) in [6.45, 7) is 0.763. The molecule has 0 bridgehead atoms. The Morgan fingerprint density at radius 1 is 1.24 bits per heavy atom. The van der Waals surface area contributed by atoms with Crippen molar-refractivity contribution in [3.63, 3.8) is 0 Å². The van der Waals surface area contributed by atoms with Crippen molar-refractivity contribution in [2.45, 2.75) is 25.3 Å². The highest BCUT2D eigenvalue weighted by molar-refractivity contribution is 5.96. The molecule has 0 aromatic heterocycles. The highest BCUT2D eigenvalue weighted by atomic mass is 16.2. The SMILES string of the molecule is CNC(=O)c1ccc(N)c(N2CCCCC2C(=O)NC)c1. The zero-order chi connectivity index (χ0) is 15.4. The Bertz CT molecular complexity index is 544. The molecule has 1 aromatic carbocycles. The van der Waals surface area contributed by atoms with Crippen LogP contribution in [0.3, 0.4) is 0 Å². The molecule has 0 spiro atoms. The van der Waals surface area contributed by atoms with Crippen molar-refractivity contribution < 1.29 is 9.59 Å². The number of carbonyl (C=O) groups is 2. The fourth-order valence-electron chi connectivity index (χ4n) is 2.74. The minimum Gasteiger partial charge on any atom is -0.397 e. The van der Waals surface area contributed by atoms with E-state index in [2.05, 4.69) is 10.6 Å². The summed E-state index contributed by atoms with van der Waals surface area (Å²) in [5.41, 5.74) is 7.94. The van der Waals surface area contributed by atoms with Crippen LogP contribution in [-0.2, 0) is 4.79 Å². The van der Waals surface area contributed by atoms with Crippen molar-refractivity contribution in [1.29, 1.82) is 0 Å². The van der Waals surface area contributed by atoms with Gasteiger partial charge < -0.3 is 21.3 Å². The molecule has 1 saturated heterocycles. The van der Waals surface area contributed by atoms with Gasteiger partial charge in [0, 0.05) is 26.2 Å². The van der Waals surface area contributed by atoms with Crippen LogP contribution >= 0.6 is 0 Å². The normalized spacial score (nSPS) is 18.2. The van der Waals surface area contributed by atoms with Crippen LogP contribution in [0.2, 0.25) is 0 Å². The van der Waals surface area contributed by atoms with Gasteiger partial charge in [0.05, 0.1) is 11.4 Å². The zero-order valence-electron chi connectivity index (χ0n) is 12.5. The maximum absolute atomic E-state index is 12.1. The highest BCUT2D eigenvalue weighted by Crippen LogP contribution is 2.30. The molecule has 2 rings (SSSR count). The summed E-state index contributed by atoms with van der Waals surface area (Å²) in [5.74, 6) is -0.177. The number of nitrogens with zero attached hydrogens (tertiary/aromatic N) is 1. The van der Waals surface area contributed by atoms with Crippen molar-refractivity contribution in [1.82, 2.24) is 10.6 Å². The van der Waals surface area contributed by atoms with E-state index in [-0.39, 0.29) is 17.9 Å². The summed E-state index contributed by atoms with van der Waals surface area (Å²) in [5, 5.41) is 5.30. The number of carbonyl (C=O) groups excluding carboxylic acids is 2. The van der Waals surface area contributed by atoms with Crippen molar-refractivity contribution in [2.75, 3.05) is 31.3 Å². The zero-order valence-corrected chi connectivity index (χ0v) is 12.5. The molecular weight excluding hydrogens is 268 g/mol. The predicted octanol–water partition coefficient (Wildman–Crippen LogP) is 0.733. The lowest BCUT2D eigenvalue weighted by molar-refractivity contribution is -0.122. The van der Waals surface area contributed by atoms with Crippen molar-refractivity contribution in [3.8, 4) is 0 Å². The molecule has 6 nitrogen and oxygen atoms in total. The molecule has 114 valence electrons. The number of nitrogen functional groups attached to an aromatic ring is 1. The Kier molecular flexibility index (Phi) is 4.67. The second-order valence-corrected chi connectivity index (χ2v) is 5.17. The molecular formula is C15H22N4O2. The van der Waals surface area contributed by atoms with Crippen molar-refractivity contribution in [3.05, 3.63) is 23.8 Å². The second kappa shape index (κ2) is 6.47. The minimum absolute atomic E-state index is 0.0144. The lowest BCUT2D eigenvalue weighted by Gasteiger charge is -2.37. The first kappa shape index (κ1) is 15.2. The lowest BCUT2D eigenvalue weighted by Crippen LogP contribution is -2.49. The Hall–Kier alpha value is -2.24. The number of benzene rings is 1. The van der Waals surface area contributed by atoms with E-state index in [1.807, 2.05) is 4.90 Å². The average Bonchev–Trinajstić information content (AvgIpc) is 2.53. The van der Waals surface area contributed by atoms with Crippen LogP contribution in [0.4, 0.5) is 11.4 Å². The van der Waals surface area contributed by atoms with Crippen LogP contribution in [0.25, 0.3) is 0 Å². The Morgan fingerprint density at radius 2 is 2.00 bits per heavy atom. The maximum atomic E-state index is 12.1. The summed E-state index contributed by atoms with van der Waals surface area (Å²) in [4.78, 5) is 25.8. The van der Waals surface area contributed by atoms with E-state index in [1.54, 1.807) is 32.3 Å². The third-order valence-electron chi connectivity index (χ3n) is 3.88. The van der Waals surface area contributed by atoms with Gasteiger partial charge in [0.1, 0.15) is 6.04 Å². The molecule has 1 aliphatic rings. The number of amides is 2. The summed E-state index contributed by atoms with van der Waals surface area (Å²) in [7, 11) is 3.23. The van der Waals surface area contributed by atoms with Gasteiger partial charge in [-0.1, -0.05) is 0 Å².